The smallest absolute Gasteiger partial charge is 0.139 e. The summed E-state index contributed by atoms with van der Waals surface area (Å²) in [4.78, 5) is 4.78. The first-order valence-electron chi connectivity index (χ1n) is 3.55. The van der Waals surface area contributed by atoms with Crippen molar-refractivity contribution in [2.45, 2.75) is 31.5 Å². The predicted octanol–water partition coefficient (Wildman–Crippen LogP) is 2.73. The van der Waals surface area contributed by atoms with E-state index in [0.717, 1.165) is 10.8 Å². The molecular formula is C7H11BrN2S. The molecule has 0 amide bonds. The zero-order valence-corrected chi connectivity index (χ0v) is 9.24. The highest BCUT2D eigenvalue weighted by Gasteiger charge is 2.14. The Kier molecular flexibility index (Phi) is 3.01. The zero-order chi connectivity index (χ0) is 8.43. The lowest BCUT2D eigenvalue weighted by Gasteiger charge is -2.08. The number of aryl methyl sites for hydroxylation is 1. The largest absolute Gasteiger partial charge is 0.225 e. The van der Waals surface area contributed by atoms with Gasteiger partial charge in [-0.1, -0.05) is 29.8 Å². The lowest BCUT2D eigenvalue weighted by Crippen LogP contribution is -2.03. The molecule has 0 aliphatic rings. The van der Waals surface area contributed by atoms with Gasteiger partial charge in [0.1, 0.15) is 10.8 Å². The first-order valence-corrected chi connectivity index (χ1v) is 5.24. The average Bonchev–Trinajstić information content (AvgIpc) is 2.34. The number of halogens is 1. The van der Waals surface area contributed by atoms with Crippen LogP contribution in [0, 0.1) is 6.92 Å². The first kappa shape index (κ1) is 9.13. The van der Waals surface area contributed by atoms with Gasteiger partial charge in [-0.3, -0.25) is 0 Å². The van der Waals surface area contributed by atoms with Crippen molar-refractivity contribution in [3.05, 3.63) is 10.8 Å². The molecule has 0 saturated heterocycles. The summed E-state index contributed by atoms with van der Waals surface area (Å²) in [6, 6.07) is 0. The van der Waals surface area contributed by atoms with E-state index in [-0.39, 0.29) is 0 Å². The molecule has 0 fully saturated rings. The summed E-state index contributed by atoms with van der Waals surface area (Å²) in [7, 11) is 0. The van der Waals surface area contributed by atoms with Crippen molar-refractivity contribution in [3.8, 4) is 0 Å². The average molecular weight is 235 g/mol. The fraction of sp³-hybridized carbons (Fsp3) is 0.714. The molecule has 1 aromatic rings. The molecule has 2 nitrogen and oxygen atoms in total. The van der Waals surface area contributed by atoms with Gasteiger partial charge in [0, 0.05) is 10.7 Å². The fourth-order valence-corrected chi connectivity index (χ4v) is 1.93. The van der Waals surface area contributed by atoms with Gasteiger partial charge in [0.05, 0.1) is 0 Å². The van der Waals surface area contributed by atoms with Gasteiger partial charge in [-0.15, -0.1) is 0 Å². The molecule has 0 bridgehead atoms. The summed E-state index contributed by atoms with van der Waals surface area (Å²) in [6.45, 7) is 6.20. The number of alkyl halides is 1. The van der Waals surface area contributed by atoms with Crippen LogP contribution >= 0.6 is 27.5 Å². The van der Waals surface area contributed by atoms with Crippen LogP contribution in [0.4, 0.5) is 0 Å². The second-order valence-corrected chi connectivity index (χ2v) is 4.87. The molecule has 2 unspecified atom stereocenters. The molecule has 1 heterocycles. The van der Waals surface area contributed by atoms with E-state index in [2.05, 4.69) is 39.1 Å². The fourth-order valence-electron chi connectivity index (χ4n) is 0.695. The van der Waals surface area contributed by atoms with E-state index in [4.69, 9.17) is 0 Å². The quantitative estimate of drug-likeness (QED) is 0.736. The molecule has 0 N–H and O–H groups in total. The minimum Gasteiger partial charge on any atom is -0.225 e. The van der Waals surface area contributed by atoms with Gasteiger partial charge in [-0.2, -0.15) is 4.37 Å². The van der Waals surface area contributed by atoms with Crippen LogP contribution in [-0.2, 0) is 0 Å². The number of hydrogen-bond donors (Lipinski definition) is 0. The molecule has 0 aliphatic carbocycles. The van der Waals surface area contributed by atoms with Crippen LogP contribution in [0.15, 0.2) is 0 Å². The monoisotopic (exact) mass is 234 g/mol. The lowest BCUT2D eigenvalue weighted by molar-refractivity contribution is 0.750. The van der Waals surface area contributed by atoms with Crippen LogP contribution in [0.25, 0.3) is 0 Å². The predicted molar refractivity (Wildman–Crippen MR) is 51.5 cm³/mol. The van der Waals surface area contributed by atoms with Crippen LogP contribution in [0.1, 0.15) is 30.6 Å². The third-order valence-electron chi connectivity index (χ3n) is 1.62. The molecule has 0 spiro atoms. The van der Waals surface area contributed by atoms with Crippen molar-refractivity contribution >= 4 is 27.5 Å². The van der Waals surface area contributed by atoms with Gasteiger partial charge in [0.2, 0.25) is 0 Å². The maximum Gasteiger partial charge on any atom is 0.139 e. The number of nitrogens with zero attached hydrogens (tertiary/aromatic N) is 2. The molecular weight excluding hydrogens is 224 g/mol. The van der Waals surface area contributed by atoms with E-state index >= 15 is 0 Å². The van der Waals surface area contributed by atoms with Crippen LogP contribution < -0.4 is 0 Å². The highest BCUT2D eigenvalue weighted by molar-refractivity contribution is 9.09. The van der Waals surface area contributed by atoms with Gasteiger partial charge in [0.15, 0.2) is 0 Å². The Bertz CT molecular complexity index is 234. The summed E-state index contributed by atoms with van der Waals surface area (Å²) < 4.78 is 4.13. The molecule has 4 heteroatoms. The molecule has 1 aromatic heterocycles. The van der Waals surface area contributed by atoms with Crippen molar-refractivity contribution in [3.63, 3.8) is 0 Å². The molecule has 0 aliphatic heterocycles. The Morgan fingerprint density at radius 1 is 1.45 bits per heavy atom. The summed E-state index contributed by atoms with van der Waals surface area (Å²) in [5.74, 6) is 1.34. The topological polar surface area (TPSA) is 25.8 Å². The Labute approximate surface area is 79.3 Å². The second-order valence-electron chi connectivity index (χ2n) is 2.65. The van der Waals surface area contributed by atoms with Crippen LogP contribution in [0.3, 0.4) is 0 Å². The van der Waals surface area contributed by atoms with E-state index in [0.29, 0.717) is 10.7 Å². The van der Waals surface area contributed by atoms with Crippen molar-refractivity contribution in [1.82, 2.24) is 9.36 Å². The van der Waals surface area contributed by atoms with E-state index < -0.39 is 0 Å². The van der Waals surface area contributed by atoms with Crippen LogP contribution in [0.2, 0.25) is 0 Å². The molecule has 1 rings (SSSR count). The lowest BCUT2D eigenvalue weighted by atomic mass is 10.1. The summed E-state index contributed by atoms with van der Waals surface area (Å²) in [5, 5.41) is 1.12. The van der Waals surface area contributed by atoms with Crippen molar-refractivity contribution in [1.29, 1.82) is 0 Å². The van der Waals surface area contributed by atoms with Crippen LogP contribution in [0.5, 0.6) is 0 Å². The Morgan fingerprint density at radius 3 is 2.45 bits per heavy atom. The van der Waals surface area contributed by atoms with Crippen molar-refractivity contribution in [2.24, 2.45) is 0 Å². The van der Waals surface area contributed by atoms with Crippen molar-refractivity contribution in [2.75, 3.05) is 0 Å². The summed E-state index contributed by atoms with van der Waals surface area (Å²) >= 11 is 5.02. The van der Waals surface area contributed by atoms with E-state index in [1.54, 1.807) is 0 Å². The van der Waals surface area contributed by atoms with Gasteiger partial charge in [0.25, 0.3) is 0 Å². The van der Waals surface area contributed by atoms with Crippen LogP contribution in [-0.4, -0.2) is 14.2 Å². The van der Waals surface area contributed by atoms with Gasteiger partial charge in [-0.25, -0.2) is 4.98 Å². The summed E-state index contributed by atoms with van der Waals surface area (Å²) in [6.07, 6.45) is 0. The van der Waals surface area contributed by atoms with Gasteiger partial charge in [-0.05, 0) is 18.5 Å². The second kappa shape index (κ2) is 3.63. The minimum atomic E-state index is 0.459. The third kappa shape index (κ3) is 2.24. The van der Waals surface area contributed by atoms with Gasteiger partial charge >= 0.3 is 0 Å². The Hall–Kier alpha value is 0.0400. The molecule has 0 aromatic carbocycles. The number of hydrogen-bond acceptors (Lipinski definition) is 3. The first-order chi connectivity index (χ1) is 5.11. The maximum absolute atomic E-state index is 4.31. The molecule has 2 atom stereocenters. The molecule has 0 radical (unpaired) electrons. The Morgan fingerprint density at radius 2 is 2.09 bits per heavy atom. The van der Waals surface area contributed by atoms with E-state index in [1.165, 1.54) is 11.5 Å². The SMILES string of the molecule is Cc1nsc(C(C)C(C)Br)n1. The highest BCUT2D eigenvalue weighted by atomic mass is 79.9. The van der Waals surface area contributed by atoms with E-state index in [9.17, 15) is 0 Å². The molecule has 11 heavy (non-hydrogen) atoms. The minimum absolute atomic E-state index is 0.459. The molecule has 62 valence electrons. The van der Waals surface area contributed by atoms with Crippen molar-refractivity contribution < 1.29 is 0 Å². The number of aromatic nitrogens is 2. The van der Waals surface area contributed by atoms with E-state index in [1.807, 2.05) is 6.92 Å². The zero-order valence-electron chi connectivity index (χ0n) is 6.84. The summed E-state index contributed by atoms with van der Waals surface area (Å²) in [5.41, 5.74) is 0. The standard InChI is InChI=1S/C7H11BrN2S/c1-4(5(2)8)7-9-6(3)10-11-7/h4-5H,1-3H3. The van der Waals surface area contributed by atoms with Gasteiger partial charge < -0.3 is 0 Å². The molecule has 0 saturated carbocycles. The Balaban J connectivity index is 2.76. The maximum atomic E-state index is 4.31. The third-order valence-corrected chi connectivity index (χ3v) is 3.42. The number of rotatable bonds is 2. The highest BCUT2D eigenvalue weighted by Crippen LogP contribution is 2.24. The normalized spacial score (nSPS) is 16.4.